The number of H-pyrrole nitrogens is 1. The van der Waals surface area contributed by atoms with Crippen molar-refractivity contribution in [2.24, 2.45) is 0 Å². The van der Waals surface area contributed by atoms with E-state index in [1.54, 1.807) is 6.20 Å². The molecule has 0 bridgehead atoms. The minimum Gasteiger partial charge on any atom is -0.302 e. The van der Waals surface area contributed by atoms with Gasteiger partial charge < -0.3 is 5.32 Å². The fraction of sp³-hybridized carbons (Fsp3) is 0.286. The lowest BCUT2D eigenvalue weighted by Crippen LogP contribution is -2.22. The average molecular weight is 240 g/mol. The molecule has 0 aliphatic heterocycles. The molecule has 1 aromatic heterocycles. The number of hydrogen-bond donors (Lipinski definition) is 2. The Bertz CT molecular complexity index is 522. The predicted octanol–water partition coefficient (Wildman–Crippen LogP) is 2.69. The third-order valence-electron chi connectivity index (χ3n) is 3.03. The van der Waals surface area contributed by atoms with Crippen molar-refractivity contribution in [2.75, 3.05) is 0 Å². The molecule has 0 radical (unpaired) electrons. The number of nitrogens with zero attached hydrogens (tertiary/aromatic N) is 2. The second kappa shape index (κ2) is 5.48. The Kier molecular flexibility index (Phi) is 3.75. The smallest absolute Gasteiger partial charge is 0.0991 e. The lowest BCUT2D eigenvalue weighted by atomic mass is 10.1. The van der Waals surface area contributed by atoms with Gasteiger partial charge in [0.15, 0.2) is 0 Å². The Labute approximate surface area is 107 Å². The van der Waals surface area contributed by atoms with Crippen LogP contribution in [0.25, 0.3) is 0 Å². The van der Waals surface area contributed by atoms with Crippen LogP contribution < -0.4 is 5.32 Å². The summed E-state index contributed by atoms with van der Waals surface area (Å²) in [6.45, 7) is 4.20. The molecule has 0 spiro atoms. The van der Waals surface area contributed by atoms with Crippen LogP contribution in [0, 0.1) is 11.3 Å². The summed E-state index contributed by atoms with van der Waals surface area (Å²) in [6, 6.07) is 12.2. The maximum atomic E-state index is 8.76. The summed E-state index contributed by atoms with van der Waals surface area (Å²) < 4.78 is 0. The first-order valence-electron chi connectivity index (χ1n) is 5.96. The highest BCUT2D eigenvalue weighted by Gasteiger charge is 2.11. The highest BCUT2D eigenvalue weighted by Crippen LogP contribution is 2.18. The van der Waals surface area contributed by atoms with Gasteiger partial charge in [0.25, 0.3) is 0 Å². The van der Waals surface area contributed by atoms with Gasteiger partial charge >= 0.3 is 0 Å². The number of rotatable bonds is 4. The fourth-order valence-corrected chi connectivity index (χ4v) is 1.92. The maximum Gasteiger partial charge on any atom is 0.0991 e. The molecule has 92 valence electrons. The van der Waals surface area contributed by atoms with Crippen LogP contribution in [-0.4, -0.2) is 10.2 Å². The van der Waals surface area contributed by atoms with Crippen LogP contribution in [0.1, 0.15) is 42.8 Å². The van der Waals surface area contributed by atoms with Gasteiger partial charge in [-0.05, 0) is 37.6 Å². The van der Waals surface area contributed by atoms with Gasteiger partial charge in [0.1, 0.15) is 0 Å². The second-order valence-corrected chi connectivity index (χ2v) is 4.36. The Balaban J connectivity index is 2.03. The van der Waals surface area contributed by atoms with E-state index in [9.17, 15) is 0 Å². The van der Waals surface area contributed by atoms with Crippen LogP contribution >= 0.6 is 0 Å². The van der Waals surface area contributed by atoms with Crippen LogP contribution in [0.4, 0.5) is 0 Å². The van der Waals surface area contributed by atoms with Crippen LogP contribution in [0.5, 0.6) is 0 Å². The first-order chi connectivity index (χ1) is 8.70. The number of nitrogens with one attached hydrogen (secondary N) is 2. The molecule has 4 nitrogen and oxygen atoms in total. The number of nitriles is 1. The van der Waals surface area contributed by atoms with E-state index >= 15 is 0 Å². The molecule has 4 heteroatoms. The monoisotopic (exact) mass is 240 g/mol. The molecular formula is C14H16N4. The summed E-state index contributed by atoms with van der Waals surface area (Å²) >= 11 is 0. The zero-order valence-corrected chi connectivity index (χ0v) is 10.5. The fourth-order valence-electron chi connectivity index (χ4n) is 1.92. The lowest BCUT2D eigenvalue weighted by Gasteiger charge is -2.19. The summed E-state index contributed by atoms with van der Waals surface area (Å²) in [5, 5.41) is 19.1. The molecule has 2 aromatic rings. The van der Waals surface area contributed by atoms with Crippen LogP contribution in [-0.2, 0) is 0 Å². The maximum absolute atomic E-state index is 8.76. The molecule has 18 heavy (non-hydrogen) atoms. The minimum atomic E-state index is 0.207. The molecule has 2 unspecified atom stereocenters. The number of aromatic nitrogens is 2. The van der Waals surface area contributed by atoms with Gasteiger partial charge in [-0.15, -0.1) is 0 Å². The van der Waals surface area contributed by atoms with Crippen molar-refractivity contribution in [2.45, 2.75) is 25.9 Å². The van der Waals surface area contributed by atoms with Gasteiger partial charge in [-0.25, -0.2) is 0 Å². The van der Waals surface area contributed by atoms with Gasteiger partial charge in [0.05, 0.1) is 17.3 Å². The van der Waals surface area contributed by atoms with Gasteiger partial charge in [0.2, 0.25) is 0 Å². The van der Waals surface area contributed by atoms with Crippen molar-refractivity contribution >= 4 is 0 Å². The first-order valence-corrected chi connectivity index (χ1v) is 5.96. The molecule has 0 fully saturated rings. The minimum absolute atomic E-state index is 0.207. The lowest BCUT2D eigenvalue weighted by molar-refractivity contribution is 0.485. The van der Waals surface area contributed by atoms with E-state index in [4.69, 9.17) is 5.26 Å². The highest BCUT2D eigenvalue weighted by atomic mass is 15.1. The molecule has 0 amide bonds. The number of hydrogen-bond acceptors (Lipinski definition) is 3. The zero-order chi connectivity index (χ0) is 13.0. The Morgan fingerprint density at radius 1 is 1.17 bits per heavy atom. The molecule has 2 rings (SSSR count). The zero-order valence-electron chi connectivity index (χ0n) is 10.5. The van der Waals surface area contributed by atoms with E-state index in [1.165, 1.54) is 5.56 Å². The van der Waals surface area contributed by atoms with Gasteiger partial charge in [-0.2, -0.15) is 10.4 Å². The molecule has 0 saturated heterocycles. The standard InChI is InChI=1S/C14H16N4/c1-10(13-5-3-12(9-15)4-6-13)17-11(2)14-7-8-16-18-14/h3-8,10-11,17H,1-2H3,(H,16,18). The highest BCUT2D eigenvalue weighted by molar-refractivity contribution is 5.32. The van der Waals surface area contributed by atoms with Crippen molar-refractivity contribution in [1.29, 1.82) is 5.26 Å². The summed E-state index contributed by atoms with van der Waals surface area (Å²) in [5.41, 5.74) is 2.92. The number of benzene rings is 1. The SMILES string of the molecule is CC(NC(C)c1ccn[nH]1)c1ccc(C#N)cc1. The Hall–Kier alpha value is -2.12. The van der Waals surface area contributed by atoms with Crippen molar-refractivity contribution in [3.63, 3.8) is 0 Å². The number of aromatic amines is 1. The van der Waals surface area contributed by atoms with E-state index in [2.05, 4.69) is 35.4 Å². The van der Waals surface area contributed by atoms with E-state index in [1.807, 2.05) is 30.3 Å². The molecule has 0 aliphatic carbocycles. The average Bonchev–Trinajstić information content (AvgIpc) is 2.92. The largest absolute Gasteiger partial charge is 0.302 e. The van der Waals surface area contributed by atoms with E-state index < -0.39 is 0 Å². The first kappa shape index (κ1) is 12.3. The summed E-state index contributed by atoms with van der Waals surface area (Å²) in [6.07, 6.45) is 1.75. The van der Waals surface area contributed by atoms with Crippen LogP contribution in [0.15, 0.2) is 36.5 Å². The van der Waals surface area contributed by atoms with Crippen LogP contribution in [0.3, 0.4) is 0 Å². The molecule has 0 saturated carbocycles. The predicted molar refractivity (Wildman–Crippen MR) is 69.7 cm³/mol. The summed E-state index contributed by atoms with van der Waals surface area (Å²) in [5.74, 6) is 0. The quantitative estimate of drug-likeness (QED) is 0.863. The van der Waals surface area contributed by atoms with Crippen molar-refractivity contribution < 1.29 is 0 Å². The topological polar surface area (TPSA) is 64.5 Å². The van der Waals surface area contributed by atoms with Crippen molar-refractivity contribution in [3.8, 4) is 6.07 Å². The van der Waals surface area contributed by atoms with Crippen molar-refractivity contribution in [1.82, 2.24) is 15.5 Å². The third-order valence-corrected chi connectivity index (χ3v) is 3.03. The van der Waals surface area contributed by atoms with Gasteiger partial charge in [-0.3, -0.25) is 5.10 Å². The molecule has 0 aliphatic rings. The second-order valence-electron chi connectivity index (χ2n) is 4.36. The van der Waals surface area contributed by atoms with E-state index in [0.29, 0.717) is 5.56 Å². The van der Waals surface area contributed by atoms with E-state index in [0.717, 1.165) is 5.69 Å². The van der Waals surface area contributed by atoms with E-state index in [-0.39, 0.29) is 12.1 Å². The molecule has 1 heterocycles. The molecule has 2 N–H and O–H groups in total. The Morgan fingerprint density at radius 3 is 2.44 bits per heavy atom. The Morgan fingerprint density at radius 2 is 1.89 bits per heavy atom. The van der Waals surface area contributed by atoms with Crippen LogP contribution in [0.2, 0.25) is 0 Å². The summed E-state index contributed by atoms with van der Waals surface area (Å²) in [7, 11) is 0. The molecule has 2 atom stereocenters. The van der Waals surface area contributed by atoms with Crippen molar-refractivity contribution in [3.05, 3.63) is 53.3 Å². The third kappa shape index (κ3) is 2.76. The molecular weight excluding hydrogens is 224 g/mol. The van der Waals surface area contributed by atoms with Gasteiger partial charge in [-0.1, -0.05) is 12.1 Å². The summed E-state index contributed by atoms with van der Waals surface area (Å²) in [4.78, 5) is 0. The van der Waals surface area contributed by atoms with Gasteiger partial charge in [0, 0.05) is 18.3 Å². The normalized spacial score (nSPS) is 13.8. The molecule has 1 aromatic carbocycles.